The summed E-state index contributed by atoms with van der Waals surface area (Å²) in [5, 5.41) is 0.955. The molecular weight excluding hydrogens is 245 g/mol. The van der Waals surface area contributed by atoms with E-state index in [0.29, 0.717) is 0 Å². The molecule has 0 aliphatic rings. The summed E-state index contributed by atoms with van der Waals surface area (Å²) >= 11 is 3.40. The lowest BCUT2D eigenvalue weighted by molar-refractivity contribution is 0.298. The van der Waals surface area contributed by atoms with Crippen molar-refractivity contribution < 1.29 is 4.39 Å². The second-order valence-electron chi connectivity index (χ2n) is 3.19. The molecule has 0 spiro atoms. The Hall–Kier alpha value is -0.410. The molecule has 0 N–H and O–H groups in total. The molecule has 0 heterocycles. The lowest BCUT2D eigenvalue weighted by Crippen LogP contribution is -2.24. The van der Waals surface area contributed by atoms with Crippen LogP contribution in [0.5, 0.6) is 0 Å². The Morgan fingerprint density at radius 2 is 2.21 bits per heavy atom. The van der Waals surface area contributed by atoms with Crippen LogP contribution in [0.1, 0.15) is 12.5 Å². The third-order valence-electron chi connectivity index (χ3n) is 2.14. The molecule has 1 rings (SSSR count). The van der Waals surface area contributed by atoms with E-state index in [1.165, 1.54) is 6.07 Å². The predicted molar refractivity (Wildman–Crippen MR) is 61.1 cm³/mol. The van der Waals surface area contributed by atoms with Crippen LogP contribution in [-0.2, 0) is 6.54 Å². The lowest BCUT2D eigenvalue weighted by atomic mass is 10.2. The molecule has 0 fully saturated rings. The molecule has 1 aromatic rings. The predicted octanol–water partition coefficient (Wildman–Crippen LogP) is 3.04. The Bertz CT molecular complexity index is 278. The first-order valence-electron chi connectivity index (χ1n) is 4.79. The van der Waals surface area contributed by atoms with Gasteiger partial charge in [0, 0.05) is 18.4 Å². The number of nitrogens with zero attached hydrogens (tertiary/aromatic N) is 1. The molecule has 0 aliphatic carbocycles. The number of hydrogen-bond acceptors (Lipinski definition) is 1. The lowest BCUT2D eigenvalue weighted by Gasteiger charge is -2.18. The van der Waals surface area contributed by atoms with Crippen LogP contribution >= 0.6 is 15.9 Å². The Balaban J connectivity index is 2.57. The molecule has 0 aliphatic heterocycles. The van der Waals surface area contributed by atoms with Gasteiger partial charge >= 0.3 is 0 Å². The molecule has 3 heteroatoms. The topological polar surface area (TPSA) is 3.24 Å². The molecule has 0 atom stereocenters. The Morgan fingerprint density at radius 1 is 1.43 bits per heavy atom. The maximum absolute atomic E-state index is 12.9. The zero-order valence-electron chi connectivity index (χ0n) is 8.34. The SMILES string of the molecule is CCN(CCBr)Cc1cccc(F)c1. The van der Waals surface area contributed by atoms with Gasteiger partial charge in [-0.3, -0.25) is 4.90 Å². The monoisotopic (exact) mass is 259 g/mol. The highest BCUT2D eigenvalue weighted by molar-refractivity contribution is 9.09. The molecule has 1 nitrogen and oxygen atoms in total. The molecule has 14 heavy (non-hydrogen) atoms. The van der Waals surface area contributed by atoms with E-state index < -0.39 is 0 Å². The molecule has 0 unspecified atom stereocenters. The van der Waals surface area contributed by atoms with Crippen LogP contribution in [-0.4, -0.2) is 23.3 Å². The minimum absolute atomic E-state index is 0.155. The van der Waals surface area contributed by atoms with E-state index in [9.17, 15) is 4.39 Å². The van der Waals surface area contributed by atoms with Gasteiger partial charge in [0.2, 0.25) is 0 Å². The van der Waals surface area contributed by atoms with Gasteiger partial charge in [-0.25, -0.2) is 4.39 Å². The van der Waals surface area contributed by atoms with Crippen molar-refractivity contribution >= 4 is 15.9 Å². The van der Waals surface area contributed by atoms with Crippen molar-refractivity contribution in [3.63, 3.8) is 0 Å². The van der Waals surface area contributed by atoms with Crippen molar-refractivity contribution in [2.45, 2.75) is 13.5 Å². The highest BCUT2D eigenvalue weighted by Gasteiger charge is 2.02. The normalized spacial score (nSPS) is 10.9. The molecule has 1 aromatic carbocycles. The molecule has 0 bridgehead atoms. The summed E-state index contributed by atoms with van der Waals surface area (Å²) < 4.78 is 12.9. The van der Waals surface area contributed by atoms with E-state index in [1.54, 1.807) is 12.1 Å². The smallest absolute Gasteiger partial charge is 0.123 e. The Labute approximate surface area is 93.0 Å². The van der Waals surface area contributed by atoms with Crippen LogP contribution < -0.4 is 0 Å². The summed E-state index contributed by atoms with van der Waals surface area (Å²) in [5.74, 6) is -0.155. The third-order valence-corrected chi connectivity index (χ3v) is 2.50. The summed E-state index contributed by atoms with van der Waals surface area (Å²) in [6, 6.07) is 6.79. The number of benzene rings is 1. The van der Waals surface area contributed by atoms with Crippen LogP contribution in [0.4, 0.5) is 4.39 Å². The first kappa shape index (κ1) is 11.7. The van der Waals surface area contributed by atoms with Gasteiger partial charge in [-0.2, -0.15) is 0 Å². The average molecular weight is 260 g/mol. The van der Waals surface area contributed by atoms with Crippen molar-refractivity contribution in [2.24, 2.45) is 0 Å². The number of hydrogen-bond donors (Lipinski definition) is 0. The first-order chi connectivity index (χ1) is 6.76. The Kier molecular flexibility index (Phi) is 5.12. The van der Waals surface area contributed by atoms with Crippen molar-refractivity contribution in [2.75, 3.05) is 18.4 Å². The fourth-order valence-corrected chi connectivity index (χ4v) is 1.86. The van der Waals surface area contributed by atoms with E-state index in [4.69, 9.17) is 0 Å². The molecule has 78 valence electrons. The summed E-state index contributed by atoms with van der Waals surface area (Å²) in [4.78, 5) is 2.27. The van der Waals surface area contributed by atoms with E-state index in [1.807, 2.05) is 6.07 Å². The third kappa shape index (κ3) is 3.76. The molecule has 0 radical (unpaired) electrons. The second-order valence-corrected chi connectivity index (χ2v) is 3.98. The average Bonchev–Trinajstić information content (AvgIpc) is 2.17. The highest BCUT2D eigenvalue weighted by atomic mass is 79.9. The van der Waals surface area contributed by atoms with Crippen LogP contribution in [0.15, 0.2) is 24.3 Å². The first-order valence-corrected chi connectivity index (χ1v) is 5.91. The molecule has 0 saturated heterocycles. The van der Waals surface area contributed by atoms with Crippen LogP contribution in [0, 0.1) is 5.82 Å². The van der Waals surface area contributed by atoms with Gasteiger partial charge < -0.3 is 0 Å². The van der Waals surface area contributed by atoms with Crippen molar-refractivity contribution in [1.82, 2.24) is 4.90 Å². The fourth-order valence-electron chi connectivity index (χ4n) is 1.36. The zero-order chi connectivity index (χ0) is 10.4. The minimum atomic E-state index is -0.155. The summed E-state index contributed by atoms with van der Waals surface area (Å²) in [6.07, 6.45) is 0. The van der Waals surface area contributed by atoms with Gasteiger partial charge in [0.1, 0.15) is 5.82 Å². The summed E-state index contributed by atoms with van der Waals surface area (Å²) in [5.41, 5.74) is 1.04. The van der Waals surface area contributed by atoms with Crippen LogP contribution in [0.25, 0.3) is 0 Å². The van der Waals surface area contributed by atoms with Crippen LogP contribution in [0.2, 0.25) is 0 Å². The van der Waals surface area contributed by atoms with Crippen molar-refractivity contribution in [1.29, 1.82) is 0 Å². The largest absolute Gasteiger partial charge is 0.299 e. The van der Waals surface area contributed by atoms with E-state index in [2.05, 4.69) is 27.8 Å². The molecule has 0 amide bonds. The van der Waals surface area contributed by atoms with Crippen LogP contribution in [0.3, 0.4) is 0 Å². The fraction of sp³-hybridized carbons (Fsp3) is 0.455. The van der Waals surface area contributed by atoms with Gasteiger partial charge in [-0.1, -0.05) is 35.0 Å². The molecule has 0 aromatic heterocycles. The molecule has 0 saturated carbocycles. The summed E-state index contributed by atoms with van der Waals surface area (Å²) in [7, 11) is 0. The standard InChI is InChI=1S/C11H15BrFN/c1-2-14(7-6-12)9-10-4-3-5-11(13)8-10/h3-5,8H,2,6-7,9H2,1H3. The number of halogens is 2. The maximum atomic E-state index is 12.9. The van der Waals surface area contributed by atoms with Gasteiger partial charge in [0.05, 0.1) is 0 Å². The summed E-state index contributed by atoms with van der Waals surface area (Å²) in [6.45, 7) is 4.91. The maximum Gasteiger partial charge on any atom is 0.123 e. The second kappa shape index (κ2) is 6.14. The Morgan fingerprint density at radius 3 is 2.79 bits per heavy atom. The zero-order valence-corrected chi connectivity index (χ0v) is 9.93. The molecular formula is C11H15BrFN. The van der Waals surface area contributed by atoms with E-state index in [-0.39, 0.29) is 5.82 Å². The van der Waals surface area contributed by atoms with E-state index in [0.717, 1.165) is 30.5 Å². The van der Waals surface area contributed by atoms with Crippen molar-refractivity contribution in [3.8, 4) is 0 Å². The minimum Gasteiger partial charge on any atom is -0.299 e. The van der Waals surface area contributed by atoms with Gasteiger partial charge in [0.15, 0.2) is 0 Å². The van der Waals surface area contributed by atoms with E-state index >= 15 is 0 Å². The van der Waals surface area contributed by atoms with Gasteiger partial charge in [-0.15, -0.1) is 0 Å². The highest BCUT2D eigenvalue weighted by Crippen LogP contribution is 2.07. The quantitative estimate of drug-likeness (QED) is 0.735. The number of rotatable bonds is 5. The number of alkyl halides is 1. The van der Waals surface area contributed by atoms with Gasteiger partial charge in [-0.05, 0) is 24.2 Å². The van der Waals surface area contributed by atoms with Gasteiger partial charge in [0.25, 0.3) is 0 Å². The van der Waals surface area contributed by atoms with Crippen molar-refractivity contribution in [3.05, 3.63) is 35.6 Å².